The van der Waals surface area contributed by atoms with Crippen molar-refractivity contribution in [1.29, 1.82) is 0 Å². The molecule has 2 N–H and O–H groups in total. The second-order valence-corrected chi connectivity index (χ2v) is 7.00. The Bertz CT molecular complexity index is 773. The SMILES string of the molecule is NC(=O)c1ccc(CBr)c(CN(Cc2ccccc2)C(=O)C2CC2)c1. The number of rotatable bonds is 7. The van der Waals surface area contributed by atoms with Crippen LogP contribution >= 0.6 is 15.9 Å². The van der Waals surface area contributed by atoms with Crippen molar-refractivity contribution in [3.63, 3.8) is 0 Å². The van der Waals surface area contributed by atoms with E-state index < -0.39 is 5.91 Å². The van der Waals surface area contributed by atoms with E-state index in [-0.39, 0.29) is 11.8 Å². The van der Waals surface area contributed by atoms with Crippen molar-refractivity contribution in [2.75, 3.05) is 0 Å². The van der Waals surface area contributed by atoms with Gasteiger partial charge in [0.25, 0.3) is 0 Å². The van der Waals surface area contributed by atoms with Gasteiger partial charge in [-0.2, -0.15) is 0 Å². The number of hydrogen-bond acceptors (Lipinski definition) is 2. The van der Waals surface area contributed by atoms with Crippen LogP contribution in [0.15, 0.2) is 48.5 Å². The molecule has 4 nitrogen and oxygen atoms in total. The van der Waals surface area contributed by atoms with Crippen molar-refractivity contribution in [1.82, 2.24) is 4.90 Å². The first kappa shape index (κ1) is 17.7. The van der Waals surface area contributed by atoms with Crippen LogP contribution in [0.4, 0.5) is 0 Å². The standard InChI is InChI=1S/C20H21BrN2O2/c21-11-17-9-8-16(19(22)24)10-18(17)13-23(20(25)15-6-7-15)12-14-4-2-1-3-5-14/h1-5,8-10,15H,6-7,11-13H2,(H2,22,24). The van der Waals surface area contributed by atoms with Crippen LogP contribution in [0.25, 0.3) is 0 Å². The van der Waals surface area contributed by atoms with E-state index in [0.29, 0.717) is 24.0 Å². The molecule has 130 valence electrons. The van der Waals surface area contributed by atoms with Gasteiger partial charge in [-0.25, -0.2) is 0 Å². The van der Waals surface area contributed by atoms with E-state index in [1.165, 1.54) is 0 Å². The third-order valence-electron chi connectivity index (χ3n) is 4.45. The Kier molecular flexibility index (Phi) is 5.53. The highest BCUT2D eigenvalue weighted by Crippen LogP contribution is 2.32. The van der Waals surface area contributed by atoms with Crippen molar-refractivity contribution in [2.45, 2.75) is 31.3 Å². The van der Waals surface area contributed by atoms with E-state index in [2.05, 4.69) is 15.9 Å². The minimum absolute atomic E-state index is 0.149. The smallest absolute Gasteiger partial charge is 0.248 e. The molecule has 0 atom stereocenters. The molecule has 2 aromatic rings. The summed E-state index contributed by atoms with van der Waals surface area (Å²) in [6.45, 7) is 1.05. The Labute approximate surface area is 156 Å². The molecule has 2 amide bonds. The third-order valence-corrected chi connectivity index (χ3v) is 5.05. The molecule has 0 aromatic heterocycles. The van der Waals surface area contributed by atoms with Gasteiger partial charge in [-0.3, -0.25) is 9.59 Å². The Morgan fingerprint density at radius 3 is 2.36 bits per heavy atom. The van der Waals surface area contributed by atoms with Gasteiger partial charge in [0.1, 0.15) is 0 Å². The zero-order chi connectivity index (χ0) is 17.8. The lowest BCUT2D eigenvalue weighted by atomic mass is 10.0. The summed E-state index contributed by atoms with van der Waals surface area (Å²) in [6.07, 6.45) is 1.94. The summed E-state index contributed by atoms with van der Waals surface area (Å²) in [6, 6.07) is 15.4. The molecule has 1 aliphatic rings. The molecule has 0 unspecified atom stereocenters. The van der Waals surface area contributed by atoms with E-state index in [4.69, 9.17) is 5.73 Å². The van der Waals surface area contributed by atoms with Gasteiger partial charge < -0.3 is 10.6 Å². The number of halogens is 1. The van der Waals surface area contributed by atoms with Gasteiger partial charge in [0.05, 0.1) is 0 Å². The van der Waals surface area contributed by atoms with E-state index in [9.17, 15) is 9.59 Å². The zero-order valence-corrected chi connectivity index (χ0v) is 15.5. The third kappa shape index (κ3) is 4.48. The van der Waals surface area contributed by atoms with Crippen molar-refractivity contribution in [3.05, 3.63) is 70.8 Å². The van der Waals surface area contributed by atoms with Crippen LogP contribution in [0.3, 0.4) is 0 Å². The molecule has 0 heterocycles. The number of benzene rings is 2. The molecular weight excluding hydrogens is 380 g/mol. The molecule has 25 heavy (non-hydrogen) atoms. The number of nitrogens with zero attached hydrogens (tertiary/aromatic N) is 1. The monoisotopic (exact) mass is 400 g/mol. The van der Waals surface area contributed by atoms with Gasteiger partial charge in [-0.1, -0.05) is 52.3 Å². The van der Waals surface area contributed by atoms with Crippen molar-refractivity contribution in [3.8, 4) is 0 Å². The average molecular weight is 401 g/mol. The van der Waals surface area contributed by atoms with E-state index in [0.717, 1.165) is 29.5 Å². The summed E-state index contributed by atoms with van der Waals surface area (Å²) < 4.78 is 0. The summed E-state index contributed by atoms with van der Waals surface area (Å²) in [4.78, 5) is 26.2. The van der Waals surface area contributed by atoms with Crippen LogP contribution in [0.5, 0.6) is 0 Å². The summed E-state index contributed by atoms with van der Waals surface area (Å²) >= 11 is 3.49. The van der Waals surface area contributed by atoms with Crippen LogP contribution in [-0.2, 0) is 23.2 Å². The molecule has 0 bridgehead atoms. The minimum Gasteiger partial charge on any atom is -0.366 e. The molecule has 1 fully saturated rings. The maximum Gasteiger partial charge on any atom is 0.248 e. The number of carbonyl (C=O) groups is 2. The van der Waals surface area contributed by atoms with Crippen molar-refractivity contribution >= 4 is 27.7 Å². The zero-order valence-electron chi connectivity index (χ0n) is 14.0. The Hall–Kier alpha value is -2.14. The second-order valence-electron chi connectivity index (χ2n) is 6.44. The molecule has 0 radical (unpaired) electrons. The Morgan fingerprint density at radius 2 is 1.76 bits per heavy atom. The van der Waals surface area contributed by atoms with Crippen LogP contribution in [0, 0.1) is 5.92 Å². The van der Waals surface area contributed by atoms with Crippen LogP contribution < -0.4 is 5.73 Å². The topological polar surface area (TPSA) is 63.4 Å². The number of carbonyl (C=O) groups excluding carboxylic acids is 2. The van der Waals surface area contributed by atoms with Crippen LogP contribution in [0.2, 0.25) is 0 Å². The summed E-state index contributed by atoms with van der Waals surface area (Å²) in [5, 5.41) is 0.665. The highest BCUT2D eigenvalue weighted by atomic mass is 79.9. The van der Waals surface area contributed by atoms with Crippen LogP contribution in [0.1, 0.15) is 39.9 Å². The summed E-state index contributed by atoms with van der Waals surface area (Å²) in [7, 11) is 0. The lowest BCUT2D eigenvalue weighted by molar-refractivity contribution is -0.133. The second kappa shape index (κ2) is 7.83. The molecule has 5 heteroatoms. The fraction of sp³-hybridized carbons (Fsp3) is 0.300. The highest BCUT2D eigenvalue weighted by Gasteiger charge is 2.33. The molecule has 3 rings (SSSR count). The first-order valence-electron chi connectivity index (χ1n) is 8.38. The molecule has 0 saturated heterocycles. The van der Waals surface area contributed by atoms with Crippen molar-refractivity contribution < 1.29 is 9.59 Å². The van der Waals surface area contributed by atoms with Crippen LogP contribution in [-0.4, -0.2) is 16.7 Å². The number of alkyl halides is 1. The average Bonchev–Trinajstić information content (AvgIpc) is 3.46. The molecule has 0 aliphatic heterocycles. The number of amides is 2. The van der Waals surface area contributed by atoms with Gasteiger partial charge in [-0.05, 0) is 41.7 Å². The van der Waals surface area contributed by atoms with Gasteiger partial charge in [0.15, 0.2) is 0 Å². The van der Waals surface area contributed by atoms with E-state index in [1.807, 2.05) is 41.3 Å². The first-order chi connectivity index (χ1) is 12.1. The number of hydrogen-bond donors (Lipinski definition) is 1. The maximum absolute atomic E-state index is 12.8. The quantitative estimate of drug-likeness (QED) is 0.721. The molecule has 1 aliphatic carbocycles. The molecular formula is C20H21BrN2O2. The number of primary amides is 1. The number of nitrogens with two attached hydrogens (primary N) is 1. The molecule has 0 spiro atoms. The predicted octanol–water partition coefficient (Wildman–Crippen LogP) is 3.62. The van der Waals surface area contributed by atoms with E-state index >= 15 is 0 Å². The van der Waals surface area contributed by atoms with E-state index in [1.54, 1.807) is 12.1 Å². The lowest BCUT2D eigenvalue weighted by Crippen LogP contribution is -2.31. The van der Waals surface area contributed by atoms with Gasteiger partial charge >= 0.3 is 0 Å². The van der Waals surface area contributed by atoms with Gasteiger partial charge in [-0.15, -0.1) is 0 Å². The Morgan fingerprint density at radius 1 is 1.04 bits per heavy atom. The predicted molar refractivity (Wildman–Crippen MR) is 101 cm³/mol. The largest absolute Gasteiger partial charge is 0.366 e. The van der Waals surface area contributed by atoms with Gasteiger partial charge in [0, 0.05) is 29.9 Å². The minimum atomic E-state index is -0.453. The summed E-state index contributed by atoms with van der Waals surface area (Å²) in [5.74, 6) is -0.116. The fourth-order valence-electron chi connectivity index (χ4n) is 2.87. The first-order valence-corrected chi connectivity index (χ1v) is 9.51. The Balaban J connectivity index is 1.87. The fourth-order valence-corrected chi connectivity index (χ4v) is 3.41. The highest BCUT2D eigenvalue weighted by molar-refractivity contribution is 9.08. The lowest BCUT2D eigenvalue weighted by Gasteiger charge is -2.24. The normalized spacial score (nSPS) is 13.5. The molecule has 1 saturated carbocycles. The van der Waals surface area contributed by atoms with Crippen molar-refractivity contribution in [2.24, 2.45) is 11.7 Å². The van der Waals surface area contributed by atoms with Gasteiger partial charge in [0.2, 0.25) is 11.8 Å². The summed E-state index contributed by atoms with van der Waals surface area (Å²) in [5.41, 5.74) is 9.00. The maximum atomic E-state index is 12.8. The molecule has 2 aromatic carbocycles.